The highest BCUT2D eigenvalue weighted by atomic mass is 16.2. The van der Waals surface area contributed by atoms with Crippen molar-refractivity contribution in [1.82, 2.24) is 14.3 Å². The predicted molar refractivity (Wildman–Crippen MR) is 53.2 cm³/mol. The molecular formula is C9H10N4O. The van der Waals surface area contributed by atoms with E-state index in [1.54, 1.807) is 19.2 Å². The Bertz CT molecular complexity index is 497. The molecule has 2 N–H and O–H groups in total. The maximum Gasteiger partial charge on any atom is 0.351 e. The predicted octanol–water partition coefficient (Wildman–Crippen LogP) is 0.153. The Hall–Kier alpha value is -2.04. The van der Waals surface area contributed by atoms with Gasteiger partial charge in [-0.25, -0.2) is 14.0 Å². The number of aryl methyl sites for hydroxylation is 1. The van der Waals surface area contributed by atoms with Crippen molar-refractivity contribution in [3.63, 3.8) is 0 Å². The van der Waals surface area contributed by atoms with Gasteiger partial charge in [-0.1, -0.05) is 18.2 Å². The molecule has 1 aromatic heterocycles. The average molecular weight is 190 g/mol. The van der Waals surface area contributed by atoms with E-state index >= 15 is 0 Å². The molecule has 5 heteroatoms. The highest BCUT2D eigenvalue weighted by Gasteiger charge is 2.08. The Morgan fingerprint density at radius 2 is 1.93 bits per heavy atom. The lowest BCUT2D eigenvalue weighted by Crippen LogP contribution is -2.21. The molecule has 2 rings (SSSR count). The molecule has 2 aromatic rings. The summed E-state index contributed by atoms with van der Waals surface area (Å²) in [6.07, 6.45) is 0. The summed E-state index contributed by atoms with van der Waals surface area (Å²) in [4.78, 5) is 11.6. The summed E-state index contributed by atoms with van der Waals surface area (Å²) in [5.41, 5.74) is 6.09. The quantitative estimate of drug-likeness (QED) is 0.696. The molecule has 0 spiro atoms. The number of nitrogen functional groups attached to an aromatic ring is 1. The number of hydrogen-bond acceptors (Lipinski definition) is 3. The Morgan fingerprint density at radius 1 is 1.29 bits per heavy atom. The zero-order valence-corrected chi connectivity index (χ0v) is 7.71. The minimum atomic E-state index is -0.242. The first-order valence-electron chi connectivity index (χ1n) is 4.17. The van der Waals surface area contributed by atoms with Crippen LogP contribution in [0.4, 0.5) is 5.95 Å². The lowest BCUT2D eigenvalue weighted by atomic mass is 10.3. The zero-order chi connectivity index (χ0) is 10.1. The summed E-state index contributed by atoms with van der Waals surface area (Å²) in [7, 11) is 1.57. The maximum absolute atomic E-state index is 11.6. The summed E-state index contributed by atoms with van der Waals surface area (Å²) in [6.45, 7) is 0. The van der Waals surface area contributed by atoms with Gasteiger partial charge in [0, 0.05) is 7.05 Å². The first-order valence-corrected chi connectivity index (χ1v) is 4.17. The molecule has 0 atom stereocenters. The summed E-state index contributed by atoms with van der Waals surface area (Å²) in [5, 5.41) is 3.83. The number of aromatic nitrogens is 3. The summed E-state index contributed by atoms with van der Waals surface area (Å²) in [5.74, 6) is 0.198. The minimum Gasteiger partial charge on any atom is -0.368 e. The van der Waals surface area contributed by atoms with E-state index in [1.165, 1.54) is 9.25 Å². The van der Waals surface area contributed by atoms with Crippen LogP contribution < -0.4 is 11.4 Å². The first kappa shape index (κ1) is 8.55. The smallest absolute Gasteiger partial charge is 0.351 e. The first-order chi connectivity index (χ1) is 6.70. The average Bonchev–Trinajstić information content (AvgIpc) is 2.43. The molecule has 0 radical (unpaired) electrons. The third-order valence-electron chi connectivity index (χ3n) is 1.96. The van der Waals surface area contributed by atoms with Gasteiger partial charge in [0.2, 0.25) is 5.95 Å². The van der Waals surface area contributed by atoms with Crippen LogP contribution in [0, 0.1) is 0 Å². The minimum absolute atomic E-state index is 0.198. The molecule has 0 aliphatic rings. The molecule has 1 aromatic carbocycles. The molecule has 72 valence electrons. The molecule has 0 saturated heterocycles. The monoisotopic (exact) mass is 190 g/mol. The fourth-order valence-electron chi connectivity index (χ4n) is 1.30. The second kappa shape index (κ2) is 3.02. The summed E-state index contributed by atoms with van der Waals surface area (Å²) >= 11 is 0. The number of rotatable bonds is 1. The molecule has 0 saturated carbocycles. The van der Waals surface area contributed by atoms with E-state index in [2.05, 4.69) is 5.10 Å². The van der Waals surface area contributed by atoms with Crippen molar-refractivity contribution in [2.45, 2.75) is 0 Å². The molecule has 0 unspecified atom stereocenters. The van der Waals surface area contributed by atoms with Crippen LogP contribution in [0.5, 0.6) is 0 Å². The fourth-order valence-corrected chi connectivity index (χ4v) is 1.30. The van der Waals surface area contributed by atoms with Gasteiger partial charge in [-0.2, -0.15) is 0 Å². The van der Waals surface area contributed by atoms with Crippen LogP contribution in [0.1, 0.15) is 0 Å². The lowest BCUT2D eigenvalue weighted by Gasteiger charge is -2.00. The normalized spacial score (nSPS) is 10.4. The van der Waals surface area contributed by atoms with Crippen molar-refractivity contribution in [1.29, 1.82) is 0 Å². The van der Waals surface area contributed by atoms with E-state index in [0.717, 1.165) is 5.69 Å². The number of nitrogens with two attached hydrogens (primary N) is 1. The van der Waals surface area contributed by atoms with Crippen molar-refractivity contribution >= 4 is 5.95 Å². The van der Waals surface area contributed by atoms with E-state index in [0.29, 0.717) is 0 Å². The van der Waals surface area contributed by atoms with Crippen LogP contribution in [0.2, 0.25) is 0 Å². The van der Waals surface area contributed by atoms with Gasteiger partial charge in [0.25, 0.3) is 0 Å². The van der Waals surface area contributed by atoms with Crippen LogP contribution in [0.3, 0.4) is 0 Å². The van der Waals surface area contributed by atoms with Crippen molar-refractivity contribution in [2.75, 3.05) is 5.73 Å². The third kappa shape index (κ3) is 1.19. The number of anilines is 1. The molecule has 0 aliphatic carbocycles. The van der Waals surface area contributed by atoms with Gasteiger partial charge in [-0.15, -0.1) is 5.10 Å². The number of benzene rings is 1. The van der Waals surface area contributed by atoms with E-state index in [1.807, 2.05) is 18.2 Å². The van der Waals surface area contributed by atoms with Gasteiger partial charge in [-0.3, -0.25) is 0 Å². The van der Waals surface area contributed by atoms with Crippen molar-refractivity contribution in [2.24, 2.45) is 7.05 Å². The molecule has 1 heterocycles. The second-order valence-corrected chi connectivity index (χ2v) is 2.94. The standard InChI is InChI=1S/C9H10N4O/c1-12-9(14)13(8(10)11-12)7-5-3-2-4-6-7/h2-6H,1H3,(H2,10,11). The fraction of sp³-hybridized carbons (Fsp3) is 0.111. The largest absolute Gasteiger partial charge is 0.368 e. The Labute approximate surface area is 80.4 Å². The molecule has 14 heavy (non-hydrogen) atoms. The van der Waals surface area contributed by atoms with E-state index in [4.69, 9.17) is 5.73 Å². The number of hydrogen-bond donors (Lipinski definition) is 1. The Balaban J connectivity index is 2.69. The molecular weight excluding hydrogens is 180 g/mol. The SMILES string of the molecule is Cn1nc(N)n(-c2ccccc2)c1=O. The zero-order valence-electron chi connectivity index (χ0n) is 7.71. The topological polar surface area (TPSA) is 65.8 Å². The Morgan fingerprint density at radius 3 is 2.43 bits per heavy atom. The molecule has 5 nitrogen and oxygen atoms in total. The number of nitrogens with zero attached hydrogens (tertiary/aromatic N) is 3. The van der Waals surface area contributed by atoms with Crippen molar-refractivity contribution < 1.29 is 0 Å². The molecule has 0 aliphatic heterocycles. The van der Waals surface area contributed by atoms with Gasteiger partial charge in [0.1, 0.15) is 0 Å². The summed E-state index contributed by atoms with van der Waals surface area (Å²) < 4.78 is 2.57. The van der Waals surface area contributed by atoms with Gasteiger partial charge >= 0.3 is 5.69 Å². The van der Waals surface area contributed by atoms with Crippen molar-refractivity contribution in [3.8, 4) is 5.69 Å². The molecule has 0 amide bonds. The molecule has 0 fully saturated rings. The Kier molecular flexibility index (Phi) is 1.85. The highest BCUT2D eigenvalue weighted by molar-refractivity contribution is 5.37. The van der Waals surface area contributed by atoms with Crippen molar-refractivity contribution in [3.05, 3.63) is 40.8 Å². The van der Waals surface area contributed by atoms with Crippen LogP contribution in [-0.2, 0) is 7.05 Å². The number of para-hydroxylation sites is 1. The van der Waals surface area contributed by atoms with Gasteiger partial charge in [0.15, 0.2) is 0 Å². The van der Waals surface area contributed by atoms with Gasteiger partial charge in [0.05, 0.1) is 5.69 Å². The van der Waals surface area contributed by atoms with E-state index < -0.39 is 0 Å². The second-order valence-electron chi connectivity index (χ2n) is 2.94. The summed E-state index contributed by atoms with van der Waals surface area (Å²) in [6, 6.07) is 9.17. The van der Waals surface area contributed by atoms with Crippen LogP contribution in [0.15, 0.2) is 35.1 Å². The van der Waals surface area contributed by atoms with Gasteiger partial charge < -0.3 is 5.73 Å². The van der Waals surface area contributed by atoms with E-state index in [9.17, 15) is 4.79 Å². The van der Waals surface area contributed by atoms with Crippen LogP contribution in [-0.4, -0.2) is 14.3 Å². The van der Waals surface area contributed by atoms with E-state index in [-0.39, 0.29) is 11.6 Å². The van der Waals surface area contributed by atoms with Gasteiger partial charge in [-0.05, 0) is 12.1 Å². The van der Waals surface area contributed by atoms with Crippen LogP contribution in [0.25, 0.3) is 5.69 Å². The molecule has 0 bridgehead atoms. The lowest BCUT2D eigenvalue weighted by molar-refractivity contribution is 0.727. The van der Waals surface area contributed by atoms with Crippen LogP contribution >= 0.6 is 0 Å². The third-order valence-corrected chi connectivity index (χ3v) is 1.96. The highest BCUT2D eigenvalue weighted by Crippen LogP contribution is 2.06. The maximum atomic E-state index is 11.6.